The van der Waals surface area contributed by atoms with E-state index >= 15 is 0 Å². The molecule has 162 valence electrons. The second-order valence-corrected chi connectivity index (χ2v) is 9.32. The SMILES string of the molecule is Cc1ccc(NC[C@H](C)NC(=O)[C@@H](CC(=O)N2CCOCC2)CC(C)(C)C)cc1. The number of carbonyl (C=O) groups is 2. The lowest BCUT2D eigenvalue weighted by Crippen LogP contribution is -2.45. The monoisotopic (exact) mass is 403 g/mol. The molecule has 0 aromatic heterocycles. The van der Waals surface area contributed by atoms with Crippen molar-refractivity contribution >= 4 is 17.5 Å². The molecule has 0 radical (unpaired) electrons. The highest BCUT2D eigenvalue weighted by Crippen LogP contribution is 2.27. The largest absolute Gasteiger partial charge is 0.383 e. The molecule has 1 aliphatic heterocycles. The van der Waals surface area contributed by atoms with Gasteiger partial charge in [0.2, 0.25) is 11.8 Å². The predicted octanol–water partition coefficient (Wildman–Crippen LogP) is 3.21. The second-order valence-electron chi connectivity index (χ2n) is 9.32. The minimum absolute atomic E-state index is 0.0311. The van der Waals surface area contributed by atoms with Gasteiger partial charge in [0.05, 0.1) is 13.2 Å². The lowest BCUT2D eigenvalue weighted by Gasteiger charge is -2.30. The molecule has 29 heavy (non-hydrogen) atoms. The van der Waals surface area contributed by atoms with Crippen LogP contribution in [0.3, 0.4) is 0 Å². The molecule has 1 saturated heterocycles. The molecule has 1 heterocycles. The summed E-state index contributed by atoms with van der Waals surface area (Å²) in [5.74, 6) is -0.324. The number of benzene rings is 1. The summed E-state index contributed by atoms with van der Waals surface area (Å²) in [6.45, 7) is 13.4. The molecule has 1 aromatic carbocycles. The highest BCUT2D eigenvalue weighted by atomic mass is 16.5. The van der Waals surface area contributed by atoms with Crippen molar-refractivity contribution in [2.24, 2.45) is 11.3 Å². The molecule has 0 saturated carbocycles. The first-order valence-electron chi connectivity index (χ1n) is 10.6. The van der Waals surface area contributed by atoms with E-state index in [9.17, 15) is 9.59 Å². The minimum atomic E-state index is -0.327. The van der Waals surface area contributed by atoms with Crippen LogP contribution in [0.15, 0.2) is 24.3 Å². The van der Waals surface area contributed by atoms with E-state index in [0.29, 0.717) is 39.3 Å². The summed E-state index contributed by atoms with van der Waals surface area (Å²) >= 11 is 0. The van der Waals surface area contributed by atoms with Crippen molar-refractivity contribution in [2.75, 3.05) is 38.2 Å². The van der Waals surface area contributed by atoms with Crippen LogP contribution in [0.4, 0.5) is 5.69 Å². The number of hydrogen-bond acceptors (Lipinski definition) is 4. The van der Waals surface area contributed by atoms with Gasteiger partial charge in [-0.15, -0.1) is 0 Å². The molecule has 0 spiro atoms. The molecule has 1 aromatic rings. The van der Waals surface area contributed by atoms with E-state index in [2.05, 4.69) is 50.5 Å². The van der Waals surface area contributed by atoms with Crippen LogP contribution in [0.2, 0.25) is 0 Å². The van der Waals surface area contributed by atoms with Crippen molar-refractivity contribution in [3.05, 3.63) is 29.8 Å². The Morgan fingerprint density at radius 1 is 1.14 bits per heavy atom. The van der Waals surface area contributed by atoms with Gasteiger partial charge in [0.15, 0.2) is 0 Å². The third-order valence-corrected chi connectivity index (χ3v) is 5.07. The van der Waals surface area contributed by atoms with Crippen molar-refractivity contribution in [1.82, 2.24) is 10.2 Å². The van der Waals surface area contributed by atoms with Crippen molar-refractivity contribution in [3.8, 4) is 0 Å². The molecule has 2 atom stereocenters. The molecule has 6 nitrogen and oxygen atoms in total. The fourth-order valence-corrected chi connectivity index (χ4v) is 3.50. The Balaban J connectivity index is 1.91. The average Bonchev–Trinajstić information content (AvgIpc) is 2.66. The van der Waals surface area contributed by atoms with Gasteiger partial charge in [0, 0.05) is 43.7 Å². The van der Waals surface area contributed by atoms with Crippen LogP contribution >= 0.6 is 0 Å². The number of nitrogens with zero attached hydrogens (tertiary/aromatic N) is 1. The Hall–Kier alpha value is -2.08. The third kappa shape index (κ3) is 8.44. The number of aryl methyl sites for hydroxylation is 1. The number of nitrogens with one attached hydrogen (secondary N) is 2. The highest BCUT2D eigenvalue weighted by molar-refractivity contribution is 5.86. The topological polar surface area (TPSA) is 70.7 Å². The van der Waals surface area contributed by atoms with E-state index in [1.54, 1.807) is 0 Å². The van der Waals surface area contributed by atoms with Crippen molar-refractivity contribution in [2.45, 2.75) is 53.5 Å². The average molecular weight is 404 g/mol. The minimum Gasteiger partial charge on any atom is -0.383 e. The molecule has 1 aliphatic rings. The van der Waals surface area contributed by atoms with Gasteiger partial charge in [-0.1, -0.05) is 38.5 Å². The summed E-state index contributed by atoms with van der Waals surface area (Å²) in [4.78, 5) is 27.5. The van der Waals surface area contributed by atoms with Crippen LogP contribution in [0, 0.1) is 18.3 Å². The summed E-state index contributed by atoms with van der Waals surface area (Å²) < 4.78 is 5.33. The van der Waals surface area contributed by atoms with Gasteiger partial charge in [-0.25, -0.2) is 0 Å². The summed E-state index contributed by atoms with van der Waals surface area (Å²) in [5, 5.41) is 6.45. The van der Waals surface area contributed by atoms with Gasteiger partial charge in [0.25, 0.3) is 0 Å². The lowest BCUT2D eigenvalue weighted by atomic mass is 9.82. The standard InChI is InChI=1S/C23H37N3O3/c1-17-6-8-20(9-7-17)24-16-18(2)25-22(28)19(15-23(3,4)5)14-21(27)26-10-12-29-13-11-26/h6-9,18-19,24H,10-16H2,1-5H3,(H,25,28)/t18-,19-/m0/s1. The molecule has 0 aliphatic carbocycles. The zero-order valence-corrected chi connectivity index (χ0v) is 18.6. The Labute approximate surface area is 175 Å². The predicted molar refractivity (Wildman–Crippen MR) is 117 cm³/mol. The van der Waals surface area contributed by atoms with E-state index in [4.69, 9.17) is 4.74 Å². The molecule has 6 heteroatoms. The van der Waals surface area contributed by atoms with Gasteiger partial charge in [0.1, 0.15) is 0 Å². The van der Waals surface area contributed by atoms with Crippen LogP contribution in [0.5, 0.6) is 0 Å². The molecule has 2 amide bonds. The van der Waals surface area contributed by atoms with E-state index in [1.807, 2.05) is 24.0 Å². The van der Waals surface area contributed by atoms with Gasteiger partial charge in [-0.05, 0) is 37.8 Å². The molecule has 0 unspecified atom stereocenters. The number of hydrogen-bond donors (Lipinski definition) is 2. The molecule has 2 N–H and O–H groups in total. The number of morpholine rings is 1. The first kappa shape index (κ1) is 23.2. The maximum Gasteiger partial charge on any atom is 0.223 e. The molecule has 0 bridgehead atoms. The highest BCUT2D eigenvalue weighted by Gasteiger charge is 2.30. The van der Waals surface area contributed by atoms with Gasteiger partial charge in [-0.3, -0.25) is 9.59 Å². The molecule has 2 rings (SSSR count). The van der Waals surface area contributed by atoms with Crippen LogP contribution in [-0.2, 0) is 14.3 Å². The van der Waals surface area contributed by atoms with Gasteiger partial charge < -0.3 is 20.3 Å². The number of ether oxygens (including phenoxy) is 1. The Bertz CT molecular complexity index is 661. The maximum absolute atomic E-state index is 13.0. The smallest absolute Gasteiger partial charge is 0.223 e. The molecular weight excluding hydrogens is 366 g/mol. The van der Waals surface area contributed by atoms with Crippen LogP contribution < -0.4 is 10.6 Å². The van der Waals surface area contributed by atoms with Crippen LogP contribution in [-0.4, -0.2) is 55.6 Å². The quantitative estimate of drug-likeness (QED) is 0.699. The maximum atomic E-state index is 13.0. The van der Waals surface area contributed by atoms with Crippen LogP contribution in [0.25, 0.3) is 0 Å². The molecule has 1 fully saturated rings. The Kier molecular flexibility index (Phi) is 8.50. The zero-order chi connectivity index (χ0) is 21.4. The fourth-order valence-electron chi connectivity index (χ4n) is 3.50. The Morgan fingerprint density at radius 2 is 1.76 bits per heavy atom. The van der Waals surface area contributed by atoms with E-state index in [0.717, 1.165) is 5.69 Å². The summed E-state index contributed by atoms with van der Waals surface area (Å²) in [7, 11) is 0. The fraction of sp³-hybridized carbons (Fsp3) is 0.652. The van der Waals surface area contributed by atoms with Crippen molar-refractivity contribution in [3.63, 3.8) is 0 Å². The first-order chi connectivity index (χ1) is 13.6. The summed E-state index contributed by atoms with van der Waals surface area (Å²) in [6, 6.07) is 8.15. The zero-order valence-electron chi connectivity index (χ0n) is 18.6. The first-order valence-corrected chi connectivity index (χ1v) is 10.6. The van der Waals surface area contributed by atoms with E-state index < -0.39 is 0 Å². The number of carbonyl (C=O) groups excluding carboxylic acids is 2. The van der Waals surface area contributed by atoms with Gasteiger partial charge >= 0.3 is 0 Å². The lowest BCUT2D eigenvalue weighted by molar-refractivity contribution is -0.140. The normalized spacial score (nSPS) is 16.8. The molecular formula is C23H37N3O3. The van der Waals surface area contributed by atoms with Crippen molar-refractivity contribution < 1.29 is 14.3 Å². The number of anilines is 1. The number of amides is 2. The summed E-state index contributed by atoms with van der Waals surface area (Å²) in [6.07, 6.45) is 0.925. The van der Waals surface area contributed by atoms with Gasteiger partial charge in [-0.2, -0.15) is 0 Å². The van der Waals surface area contributed by atoms with E-state index in [-0.39, 0.29) is 35.6 Å². The second kappa shape index (κ2) is 10.6. The summed E-state index contributed by atoms with van der Waals surface area (Å²) in [5.41, 5.74) is 2.22. The third-order valence-electron chi connectivity index (χ3n) is 5.07. The number of rotatable bonds is 8. The Morgan fingerprint density at radius 3 is 2.34 bits per heavy atom. The van der Waals surface area contributed by atoms with Crippen molar-refractivity contribution in [1.29, 1.82) is 0 Å². The van der Waals surface area contributed by atoms with E-state index in [1.165, 1.54) is 5.56 Å². The van der Waals surface area contributed by atoms with Crippen LogP contribution in [0.1, 0.15) is 46.1 Å².